The van der Waals surface area contributed by atoms with Crippen molar-refractivity contribution in [2.24, 2.45) is 0 Å². The quantitative estimate of drug-likeness (QED) is 0.841. The first-order chi connectivity index (χ1) is 9.09. The molecule has 0 bridgehead atoms. The third-order valence-electron chi connectivity index (χ3n) is 3.04. The van der Waals surface area contributed by atoms with Gasteiger partial charge < -0.3 is 0 Å². The Hall–Kier alpha value is -1.06. The number of nitrogens with zero attached hydrogens (tertiary/aromatic N) is 4. The summed E-state index contributed by atoms with van der Waals surface area (Å²) in [5.41, 5.74) is 0. The van der Waals surface area contributed by atoms with Crippen molar-refractivity contribution in [2.75, 3.05) is 12.3 Å². The minimum atomic E-state index is -3.13. The highest BCUT2D eigenvalue weighted by Crippen LogP contribution is 2.39. The summed E-state index contributed by atoms with van der Waals surface area (Å²) >= 11 is 1.46. The van der Waals surface area contributed by atoms with Crippen LogP contribution in [0.15, 0.2) is 0 Å². The molecular formula is C10H15N5O2S2. The number of hydrogen-bond donors (Lipinski definition) is 1. The first-order valence-corrected chi connectivity index (χ1v) is 8.74. The average molecular weight is 301 g/mol. The Kier molecular flexibility index (Phi) is 3.27. The summed E-state index contributed by atoms with van der Waals surface area (Å²) in [4.78, 5) is 0.787. The molecule has 1 fully saturated rings. The predicted molar refractivity (Wildman–Crippen MR) is 71.8 cm³/mol. The van der Waals surface area contributed by atoms with E-state index in [2.05, 4.69) is 20.0 Å². The normalized spacial score (nSPS) is 16.3. The topological polar surface area (TPSA) is 89.2 Å². The molecular weight excluding hydrogens is 286 g/mol. The Morgan fingerprint density at radius 3 is 2.89 bits per heavy atom. The SMILES string of the molecule is CCS(=O)(=O)NCCc1nn2c(C3CC3)nnc2s1. The van der Waals surface area contributed by atoms with Gasteiger partial charge in [-0.15, -0.1) is 10.2 Å². The third-order valence-corrected chi connectivity index (χ3v) is 5.40. The second-order valence-corrected chi connectivity index (χ2v) is 7.71. The first-order valence-electron chi connectivity index (χ1n) is 6.27. The Morgan fingerprint density at radius 2 is 2.21 bits per heavy atom. The van der Waals surface area contributed by atoms with Crippen molar-refractivity contribution in [1.29, 1.82) is 0 Å². The third kappa shape index (κ3) is 2.77. The summed E-state index contributed by atoms with van der Waals surface area (Å²) in [5, 5.41) is 13.6. The standard InChI is InChI=1S/C10H15N5O2S2/c1-2-19(16,17)11-6-5-8-14-15-9(7-3-4-7)12-13-10(15)18-8/h7,11H,2-6H2,1H3. The van der Waals surface area contributed by atoms with E-state index in [1.807, 2.05) is 0 Å². The van der Waals surface area contributed by atoms with Crippen LogP contribution in [0.2, 0.25) is 0 Å². The van der Waals surface area contributed by atoms with Crippen molar-refractivity contribution in [2.45, 2.75) is 32.1 Å². The lowest BCUT2D eigenvalue weighted by molar-refractivity contribution is 0.582. The minimum absolute atomic E-state index is 0.101. The molecule has 19 heavy (non-hydrogen) atoms. The van der Waals surface area contributed by atoms with Gasteiger partial charge in [0, 0.05) is 18.9 Å². The van der Waals surface area contributed by atoms with E-state index in [0.29, 0.717) is 18.9 Å². The van der Waals surface area contributed by atoms with Crippen LogP contribution in [0.5, 0.6) is 0 Å². The molecule has 2 heterocycles. The summed E-state index contributed by atoms with van der Waals surface area (Å²) in [5.74, 6) is 1.54. The zero-order valence-electron chi connectivity index (χ0n) is 10.5. The van der Waals surface area contributed by atoms with Gasteiger partial charge in [-0.2, -0.15) is 9.61 Å². The van der Waals surface area contributed by atoms with E-state index in [4.69, 9.17) is 0 Å². The highest BCUT2D eigenvalue weighted by Gasteiger charge is 2.29. The molecule has 3 rings (SSSR count). The fourth-order valence-corrected chi connectivity index (χ4v) is 3.24. The molecule has 0 amide bonds. The molecule has 2 aromatic heterocycles. The second kappa shape index (κ2) is 4.80. The van der Waals surface area contributed by atoms with Crippen molar-refractivity contribution in [1.82, 2.24) is 24.5 Å². The van der Waals surface area contributed by atoms with Crippen molar-refractivity contribution in [3.63, 3.8) is 0 Å². The fourth-order valence-electron chi connectivity index (χ4n) is 1.78. The molecule has 0 unspecified atom stereocenters. The lowest BCUT2D eigenvalue weighted by Crippen LogP contribution is -2.27. The lowest BCUT2D eigenvalue weighted by atomic mass is 10.4. The molecule has 0 radical (unpaired) electrons. The molecule has 7 nitrogen and oxygen atoms in total. The smallest absolute Gasteiger partial charge is 0.215 e. The summed E-state index contributed by atoms with van der Waals surface area (Å²) in [6.45, 7) is 1.99. The Bertz CT molecular complexity index is 686. The lowest BCUT2D eigenvalue weighted by Gasteiger charge is -2.01. The molecule has 9 heteroatoms. The number of fused-ring (bicyclic) bond motifs is 1. The van der Waals surface area contributed by atoms with Gasteiger partial charge in [0.15, 0.2) is 5.82 Å². The van der Waals surface area contributed by atoms with Gasteiger partial charge in [0.2, 0.25) is 15.0 Å². The second-order valence-electron chi connectivity index (χ2n) is 4.57. The average Bonchev–Trinajstić information content (AvgIpc) is 3.01. The van der Waals surface area contributed by atoms with Crippen LogP contribution in [-0.4, -0.2) is 40.5 Å². The van der Waals surface area contributed by atoms with Gasteiger partial charge >= 0.3 is 0 Å². The monoisotopic (exact) mass is 301 g/mol. The molecule has 0 spiro atoms. The molecule has 1 saturated carbocycles. The maximum atomic E-state index is 11.3. The Labute approximate surface area is 115 Å². The van der Waals surface area contributed by atoms with Crippen LogP contribution in [0.3, 0.4) is 0 Å². The van der Waals surface area contributed by atoms with Crippen molar-refractivity contribution < 1.29 is 8.42 Å². The maximum absolute atomic E-state index is 11.3. The maximum Gasteiger partial charge on any atom is 0.234 e. The summed E-state index contributed by atoms with van der Waals surface area (Å²) in [6, 6.07) is 0. The number of rotatable bonds is 6. The number of hydrogen-bond acceptors (Lipinski definition) is 6. The largest absolute Gasteiger partial charge is 0.234 e. The van der Waals surface area contributed by atoms with Gasteiger partial charge in [0.1, 0.15) is 5.01 Å². The minimum Gasteiger partial charge on any atom is -0.215 e. The molecule has 0 atom stereocenters. The molecule has 1 N–H and O–H groups in total. The summed E-state index contributed by atoms with van der Waals surface area (Å²) in [6.07, 6.45) is 2.89. The summed E-state index contributed by atoms with van der Waals surface area (Å²) < 4.78 is 26.9. The highest BCUT2D eigenvalue weighted by atomic mass is 32.2. The van der Waals surface area contributed by atoms with Crippen LogP contribution < -0.4 is 4.72 Å². The molecule has 0 saturated heterocycles. The van der Waals surface area contributed by atoms with Gasteiger partial charge in [0.25, 0.3) is 0 Å². The predicted octanol–water partition coefficient (Wildman–Crippen LogP) is 0.545. The van der Waals surface area contributed by atoms with Gasteiger partial charge in [-0.3, -0.25) is 0 Å². The Morgan fingerprint density at radius 1 is 1.42 bits per heavy atom. The van der Waals surface area contributed by atoms with E-state index in [0.717, 1.165) is 28.6 Å². The molecule has 0 aromatic carbocycles. The highest BCUT2D eigenvalue weighted by molar-refractivity contribution is 7.89. The van der Waals surface area contributed by atoms with Crippen LogP contribution in [0, 0.1) is 0 Å². The van der Waals surface area contributed by atoms with Crippen molar-refractivity contribution >= 4 is 26.3 Å². The van der Waals surface area contributed by atoms with Crippen LogP contribution in [0.4, 0.5) is 0 Å². The van der Waals surface area contributed by atoms with E-state index in [-0.39, 0.29) is 5.75 Å². The van der Waals surface area contributed by atoms with Crippen molar-refractivity contribution in [3.8, 4) is 0 Å². The van der Waals surface area contributed by atoms with E-state index >= 15 is 0 Å². The molecule has 1 aliphatic rings. The first kappa shape index (κ1) is 12.9. The van der Waals surface area contributed by atoms with E-state index in [1.54, 1.807) is 11.4 Å². The molecule has 1 aliphatic carbocycles. The molecule has 2 aromatic rings. The van der Waals surface area contributed by atoms with Crippen LogP contribution in [-0.2, 0) is 16.4 Å². The van der Waals surface area contributed by atoms with Crippen molar-refractivity contribution in [3.05, 3.63) is 10.8 Å². The zero-order chi connectivity index (χ0) is 13.5. The fraction of sp³-hybridized carbons (Fsp3) is 0.700. The number of nitrogens with one attached hydrogen (secondary N) is 1. The van der Waals surface area contributed by atoms with E-state index < -0.39 is 10.0 Å². The van der Waals surface area contributed by atoms with E-state index in [1.165, 1.54) is 11.3 Å². The molecule has 0 aliphatic heterocycles. The number of aromatic nitrogens is 4. The Balaban J connectivity index is 1.68. The summed E-state index contributed by atoms with van der Waals surface area (Å²) in [7, 11) is -3.13. The van der Waals surface area contributed by atoms with Gasteiger partial charge in [-0.25, -0.2) is 13.1 Å². The van der Waals surface area contributed by atoms with Crippen LogP contribution >= 0.6 is 11.3 Å². The number of sulfonamides is 1. The molecule has 104 valence electrons. The van der Waals surface area contributed by atoms with Crippen LogP contribution in [0.1, 0.15) is 36.5 Å². The van der Waals surface area contributed by atoms with E-state index in [9.17, 15) is 8.42 Å². The van der Waals surface area contributed by atoms with Crippen LogP contribution in [0.25, 0.3) is 4.96 Å². The zero-order valence-corrected chi connectivity index (χ0v) is 12.2. The van der Waals surface area contributed by atoms with Gasteiger partial charge in [-0.1, -0.05) is 11.3 Å². The van der Waals surface area contributed by atoms with Gasteiger partial charge in [-0.05, 0) is 19.8 Å². The van der Waals surface area contributed by atoms with Gasteiger partial charge in [0.05, 0.1) is 5.75 Å².